The maximum Gasteiger partial charge on any atom is 0.220 e. The molecule has 2 atom stereocenters. The standard InChI is InChI=1S/C41H73NO3/c1-3-5-7-9-10-11-12-13-14-15-16-17-18-19-20-21-22-23-24-25-26-27-28-29-30-31-32-33-35-37-41(45)42-39(38-43)40(44)36-34-8-6-4-2/h5,7,10-11,13-14,16-17,34,36,39-40,43-44H,3-4,6,8-9,12,15,18-33,35,37-38H2,1-2H3,(H,42,45)/b7-5-,11-10-,14-13-,17-16-,36-34+. The number of aliphatic hydroxyl groups is 2. The number of hydrogen-bond acceptors (Lipinski definition) is 3. The minimum Gasteiger partial charge on any atom is -0.394 e. The van der Waals surface area contributed by atoms with Gasteiger partial charge in [-0.25, -0.2) is 0 Å². The van der Waals surface area contributed by atoms with Crippen LogP contribution in [0.5, 0.6) is 0 Å². The van der Waals surface area contributed by atoms with E-state index in [2.05, 4.69) is 67.8 Å². The molecule has 0 spiro atoms. The zero-order valence-corrected chi connectivity index (χ0v) is 29.6. The van der Waals surface area contributed by atoms with E-state index in [0.29, 0.717) is 6.42 Å². The van der Waals surface area contributed by atoms with Crippen LogP contribution in [0.3, 0.4) is 0 Å². The van der Waals surface area contributed by atoms with Crippen molar-refractivity contribution >= 4 is 5.91 Å². The Kier molecular flexibility index (Phi) is 35.0. The molecule has 0 aliphatic heterocycles. The van der Waals surface area contributed by atoms with E-state index in [-0.39, 0.29) is 12.5 Å². The highest BCUT2D eigenvalue weighted by atomic mass is 16.3. The summed E-state index contributed by atoms with van der Waals surface area (Å²) in [5, 5.41) is 22.5. The molecule has 0 aromatic carbocycles. The number of hydrogen-bond donors (Lipinski definition) is 3. The van der Waals surface area contributed by atoms with Gasteiger partial charge in [0.1, 0.15) is 0 Å². The second-order valence-electron chi connectivity index (χ2n) is 12.6. The molecule has 3 N–H and O–H groups in total. The van der Waals surface area contributed by atoms with E-state index in [9.17, 15) is 15.0 Å². The van der Waals surface area contributed by atoms with Crippen molar-refractivity contribution < 1.29 is 15.0 Å². The van der Waals surface area contributed by atoms with Crippen molar-refractivity contribution in [3.05, 3.63) is 60.8 Å². The molecule has 0 aromatic rings. The van der Waals surface area contributed by atoms with E-state index >= 15 is 0 Å². The molecule has 0 aliphatic carbocycles. The van der Waals surface area contributed by atoms with Crippen LogP contribution in [-0.4, -0.2) is 34.9 Å². The molecule has 0 radical (unpaired) electrons. The summed E-state index contributed by atoms with van der Waals surface area (Å²) < 4.78 is 0. The summed E-state index contributed by atoms with van der Waals surface area (Å²) in [5.74, 6) is -0.0761. The van der Waals surface area contributed by atoms with Crippen LogP contribution in [0, 0.1) is 0 Å². The third-order valence-electron chi connectivity index (χ3n) is 8.26. The molecule has 1 amide bonds. The normalized spacial score (nSPS) is 13.8. The van der Waals surface area contributed by atoms with Gasteiger partial charge in [-0.2, -0.15) is 0 Å². The van der Waals surface area contributed by atoms with Gasteiger partial charge in [-0.3, -0.25) is 4.79 Å². The van der Waals surface area contributed by atoms with E-state index in [1.165, 1.54) is 96.3 Å². The van der Waals surface area contributed by atoms with Gasteiger partial charge in [-0.1, -0.05) is 177 Å². The zero-order valence-electron chi connectivity index (χ0n) is 29.6. The van der Waals surface area contributed by atoms with Gasteiger partial charge >= 0.3 is 0 Å². The largest absolute Gasteiger partial charge is 0.394 e. The van der Waals surface area contributed by atoms with Crippen LogP contribution in [-0.2, 0) is 4.79 Å². The van der Waals surface area contributed by atoms with Crippen LogP contribution < -0.4 is 5.32 Å². The van der Waals surface area contributed by atoms with E-state index in [1.807, 2.05) is 6.08 Å². The zero-order chi connectivity index (χ0) is 32.9. The highest BCUT2D eigenvalue weighted by Crippen LogP contribution is 2.14. The van der Waals surface area contributed by atoms with Crippen LogP contribution in [0.15, 0.2) is 60.8 Å². The van der Waals surface area contributed by atoms with E-state index < -0.39 is 12.1 Å². The highest BCUT2D eigenvalue weighted by Gasteiger charge is 2.17. The summed E-state index contributed by atoms with van der Waals surface area (Å²) in [6.07, 6.45) is 50.8. The van der Waals surface area contributed by atoms with Crippen LogP contribution >= 0.6 is 0 Å². The van der Waals surface area contributed by atoms with Crippen molar-refractivity contribution in [2.24, 2.45) is 0 Å². The molecule has 0 aromatic heterocycles. The second kappa shape index (κ2) is 36.6. The third kappa shape index (κ3) is 33.3. The van der Waals surface area contributed by atoms with Crippen LogP contribution in [0.1, 0.15) is 174 Å². The SMILES string of the molecule is CC/C=C\C/C=C\C/C=C\C/C=C\CCCCCCCCCCCCCCCCCCC(=O)NC(CO)C(O)/C=C/CCCC. The highest BCUT2D eigenvalue weighted by molar-refractivity contribution is 5.76. The lowest BCUT2D eigenvalue weighted by molar-refractivity contribution is -0.123. The maximum absolute atomic E-state index is 12.2. The van der Waals surface area contributed by atoms with Crippen molar-refractivity contribution in [2.45, 2.75) is 187 Å². The lowest BCUT2D eigenvalue weighted by Gasteiger charge is -2.19. The summed E-state index contributed by atoms with van der Waals surface area (Å²) in [6, 6.07) is -0.618. The van der Waals surface area contributed by atoms with E-state index in [1.54, 1.807) is 6.08 Å². The Labute approximate surface area is 279 Å². The fraction of sp³-hybridized carbons (Fsp3) is 0.732. The van der Waals surface area contributed by atoms with Crippen molar-refractivity contribution in [3.63, 3.8) is 0 Å². The Morgan fingerprint density at radius 3 is 1.44 bits per heavy atom. The fourth-order valence-electron chi connectivity index (χ4n) is 5.33. The number of unbranched alkanes of at least 4 members (excludes halogenated alkanes) is 18. The van der Waals surface area contributed by atoms with Crippen molar-refractivity contribution in [3.8, 4) is 0 Å². The number of allylic oxidation sites excluding steroid dienone is 9. The molecule has 260 valence electrons. The Bertz CT molecular complexity index is 767. The van der Waals surface area contributed by atoms with Gasteiger partial charge in [0.05, 0.1) is 18.8 Å². The van der Waals surface area contributed by atoms with Gasteiger partial charge in [0.15, 0.2) is 0 Å². The lowest BCUT2D eigenvalue weighted by atomic mass is 10.0. The molecule has 0 rings (SSSR count). The predicted octanol–water partition coefficient (Wildman–Crippen LogP) is 11.4. The van der Waals surface area contributed by atoms with Gasteiger partial charge in [-0.15, -0.1) is 0 Å². The first kappa shape index (κ1) is 43.1. The molecule has 0 saturated heterocycles. The topological polar surface area (TPSA) is 69.6 Å². The average molecular weight is 628 g/mol. The fourth-order valence-corrected chi connectivity index (χ4v) is 5.33. The Hall–Kier alpha value is -1.91. The van der Waals surface area contributed by atoms with Gasteiger partial charge in [0.25, 0.3) is 0 Å². The number of carbonyl (C=O) groups excluding carboxylic acids is 1. The molecular formula is C41H73NO3. The van der Waals surface area contributed by atoms with Crippen LogP contribution in [0.2, 0.25) is 0 Å². The first-order valence-electron chi connectivity index (χ1n) is 19.0. The van der Waals surface area contributed by atoms with Gasteiger partial charge in [0, 0.05) is 6.42 Å². The van der Waals surface area contributed by atoms with Crippen LogP contribution in [0.25, 0.3) is 0 Å². The number of rotatable bonds is 33. The first-order chi connectivity index (χ1) is 22.2. The third-order valence-corrected chi connectivity index (χ3v) is 8.26. The lowest BCUT2D eigenvalue weighted by Crippen LogP contribution is -2.45. The molecule has 0 bridgehead atoms. The Balaban J connectivity index is 3.41. The number of carbonyl (C=O) groups is 1. The number of nitrogens with one attached hydrogen (secondary N) is 1. The van der Waals surface area contributed by atoms with Crippen molar-refractivity contribution in [1.29, 1.82) is 0 Å². The van der Waals surface area contributed by atoms with Crippen LogP contribution in [0.4, 0.5) is 0 Å². The number of amides is 1. The molecule has 0 heterocycles. The Morgan fingerprint density at radius 1 is 0.556 bits per heavy atom. The molecule has 2 unspecified atom stereocenters. The maximum atomic E-state index is 12.2. The van der Waals surface area contributed by atoms with E-state index in [4.69, 9.17) is 0 Å². The summed E-state index contributed by atoms with van der Waals surface area (Å²) in [5.41, 5.74) is 0. The summed E-state index contributed by atoms with van der Waals surface area (Å²) in [4.78, 5) is 12.2. The molecule has 0 aliphatic rings. The predicted molar refractivity (Wildman–Crippen MR) is 197 cm³/mol. The number of aliphatic hydroxyl groups excluding tert-OH is 2. The smallest absolute Gasteiger partial charge is 0.220 e. The first-order valence-corrected chi connectivity index (χ1v) is 19.0. The summed E-state index contributed by atoms with van der Waals surface area (Å²) in [7, 11) is 0. The van der Waals surface area contributed by atoms with Crippen molar-refractivity contribution in [2.75, 3.05) is 6.61 Å². The minimum absolute atomic E-state index is 0.0761. The van der Waals surface area contributed by atoms with Gasteiger partial charge in [0.2, 0.25) is 5.91 Å². The summed E-state index contributed by atoms with van der Waals surface area (Å²) >= 11 is 0. The van der Waals surface area contributed by atoms with Gasteiger partial charge in [-0.05, 0) is 51.4 Å². The summed E-state index contributed by atoms with van der Waals surface area (Å²) in [6.45, 7) is 4.05. The quantitative estimate of drug-likeness (QED) is 0.0501. The van der Waals surface area contributed by atoms with Crippen molar-refractivity contribution in [1.82, 2.24) is 5.32 Å². The average Bonchev–Trinajstić information content (AvgIpc) is 3.04. The molecule has 45 heavy (non-hydrogen) atoms. The Morgan fingerprint density at radius 2 is 0.978 bits per heavy atom. The molecular weight excluding hydrogens is 554 g/mol. The second-order valence-corrected chi connectivity index (χ2v) is 12.6. The van der Waals surface area contributed by atoms with Gasteiger partial charge < -0.3 is 15.5 Å². The molecule has 0 saturated carbocycles. The monoisotopic (exact) mass is 628 g/mol. The molecule has 0 fully saturated rings. The minimum atomic E-state index is -0.835. The molecule has 4 heteroatoms. The molecule has 4 nitrogen and oxygen atoms in total. The van der Waals surface area contributed by atoms with E-state index in [0.717, 1.165) is 57.8 Å².